The molecular weight excluding hydrogens is 319 g/mol. The van der Waals surface area contributed by atoms with Crippen LogP contribution < -0.4 is 5.32 Å². The van der Waals surface area contributed by atoms with Gasteiger partial charge in [-0.3, -0.25) is 4.79 Å². The van der Waals surface area contributed by atoms with Gasteiger partial charge in [0.25, 0.3) is 0 Å². The third kappa shape index (κ3) is 3.55. The molecule has 3 rings (SSSR count). The summed E-state index contributed by atoms with van der Waals surface area (Å²) in [5.41, 5.74) is 0.411. The summed E-state index contributed by atoms with van der Waals surface area (Å²) in [4.78, 5) is 11.9. The molecule has 1 saturated carbocycles. The van der Waals surface area contributed by atoms with Gasteiger partial charge in [-0.1, -0.05) is 0 Å². The number of sulfonamides is 1. The monoisotopic (exact) mass is 340 g/mol. The summed E-state index contributed by atoms with van der Waals surface area (Å²) in [7, 11) is -3.61. The van der Waals surface area contributed by atoms with Crippen LogP contribution in [-0.4, -0.2) is 37.8 Å². The van der Waals surface area contributed by atoms with Gasteiger partial charge in [0.15, 0.2) is 0 Å². The summed E-state index contributed by atoms with van der Waals surface area (Å²) in [5.74, 6) is -0.178. The van der Waals surface area contributed by atoms with Crippen LogP contribution in [0, 0.1) is 18.7 Å². The maximum atomic E-state index is 13.2. The standard InChI is InChI=1S/C16H21FN2O3S/c1-11-10-13(17)4-5-15(11)23(21,22)19-8-6-14(7-9-19)18-16(20)12-2-3-12/h4-5,10,12,14H,2-3,6-9H2,1H3,(H,18,20). The van der Waals surface area contributed by atoms with Gasteiger partial charge in [-0.25, -0.2) is 12.8 Å². The van der Waals surface area contributed by atoms with Crippen molar-refractivity contribution in [3.05, 3.63) is 29.6 Å². The molecule has 1 aromatic rings. The Balaban J connectivity index is 1.65. The van der Waals surface area contributed by atoms with Gasteiger partial charge in [-0.05, 0) is 56.4 Å². The van der Waals surface area contributed by atoms with E-state index < -0.39 is 15.8 Å². The van der Waals surface area contributed by atoms with Gasteiger partial charge in [0, 0.05) is 25.0 Å². The number of halogens is 1. The number of benzene rings is 1. The van der Waals surface area contributed by atoms with Crippen LogP contribution in [0.3, 0.4) is 0 Å². The van der Waals surface area contributed by atoms with Gasteiger partial charge in [0.2, 0.25) is 15.9 Å². The van der Waals surface area contributed by atoms with Crippen LogP contribution in [0.15, 0.2) is 23.1 Å². The zero-order valence-electron chi connectivity index (χ0n) is 13.1. The first-order valence-corrected chi connectivity index (χ1v) is 9.38. The Morgan fingerprint density at radius 2 is 1.87 bits per heavy atom. The van der Waals surface area contributed by atoms with E-state index in [0.29, 0.717) is 31.5 Å². The summed E-state index contributed by atoms with van der Waals surface area (Å²) in [5, 5.41) is 3.00. The number of rotatable bonds is 4. The van der Waals surface area contributed by atoms with E-state index in [1.807, 2.05) is 0 Å². The van der Waals surface area contributed by atoms with E-state index in [2.05, 4.69) is 5.32 Å². The van der Waals surface area contributed by atoms with Gasteiger partial charge >= 0.3 is 0 Å². The average Bonchev–Trinajstić information content (AvgIpc) is 3.32. The smallest absolute Gasteiger partial charge is 0.243 e. The molecule has 1 amide bonds. The van der Waals surface area contributed by atoms with E-state index in [9.17, 15) is 17.6 Å². The van der Waals surface area contributed by atoms with Gasteiger partial charge < -0.3 is 5.32 Å². The Hall–Kier alpha value is -1.47. The number of hydrogen-bond donors (Lipinski definition) is 1. The van der Waals surface area contributed by atoms with Crippen LogP contribution in [0.4, 0.5) is 4.39 Å². The molecule has 0 atom stereocenters. The van der Waals surface area contributed by atoms with Crippen molar-refractivity contribution in [3.63, 3.8) is 0 Å². The molecule has 1 aliphatic heterocycles. The lowest BCUT2D eigenvalue weighted by Crippen LogP contribution is -2.46. The minimum atomic E-state index is -3.61. The lowest BCUT2D eigenvalue weighted by Gasteiger charge is -2.32. The van der Waals surface area contributed by atoms with Crippen LogP contribution >= 0.6 is 0 Å². The lowest BCUT2D eigenvalue weighted by molar-refractivity contribution is -0.123. The van der Waals surface area contributed by atoms with Crippen LogP contribution in [-0.2, 0) is 14.8 Å². The second-order valence-corrected chi connectivity index (χ2v) is 8.28. The highest BCUT2D eigenvalue weighted by Crippen LogP contribution is 2.29. The molecule has 1 N–H and O–H groups in total. The molecule has 23 heavy (non-hydrogen) atoms. The molecule has 1 aliphatic carbocycles. The first-order chi connectivity index (χ1) is 10.9. The molecular formula is C16H21FN2O3S. The summed E-state index contributed by atoms with van der Waals surface area (Å²) < 4.78 is 40.0. The first-order valence-electron chi connectivity index (χ1n) is 7.94. The van der Waals surface area contributed by atoms with E-state index in [1.54, 1.807) is 6.92 Å². The molecule has 2 fully saturated rings. The zero-order valence-corrected chi connectivity index (χ0v) is 13.9. The summed E-state index contributed by atoms with van der Waals surface area (Å²) >= 11 is 0. The van der Waals surface area contributed by atoms with Gasteiger partial charge in [0.05, 0.1) is 4.90 Å². The topological polar surface area (TPSA) is 66.5 Å². The molecule has 1 aromatic carbocycles. The van der Waals surface area contributed by atoms with Crippen molar-refractivity contribution in [3.8, 4) is 0 Å². The number of piperidine rings is 1. The molecule has 1 heterocycles. The molecule has 0 spiro atoms. The van der Waals surface area contributed by atoms with Crippen LogP contribution in [0.2, 0.25) is 0 Å². The Kier molecular flexibility index (Phi) is 4.42. The third-order valence-corrected chi connectivity index (χ3v) is 6.56. The minimum Gasteiger partial charge on any atom is -0.353 e. The molecule has 0 aromatic heterocycles. The summed E-state index contributed by atoms with van der Waals surface area (Å²) in [6.07, 6.45) is 3.14. The first kappa shape index (κ1) is 16.4. The SMILES string of the molecule is Cc1cc(F)ccc1S(=O)(=O)N1CCC(NC(=O)C2CC2)CC1. The fraction of sp³-hybridized carbons (Fsp3) is 0.562. The van der Waals surface area contributed by atoms with E-state index in [-0.39, 0.29) is 22.8 Å². The van der Waals surface area contributed by atoms with E-state index in [1.165, 1.54) is 22.5 Å². The maximum absolute atomic E-state index is 13.2. The summed E-state index contributed by atoms with van der Waals surface area (Å²) in [6, 6.07) is 3.77. The number of nitrogens with zero attached hydrogens (tertiary/aromatic N) is 1. The van der Waals surface area contributed by atoms with Crippen molar-refractivity contribution in [2.24, 2.45) is 5.92 Å². The quantitative estimate of drug-likeness (QED) is 0.909. The number of amides is 1. The zero-order chi connectivity index (χ0) is 16.6. The third-order valence-electron chi connectivity index (χ3n) is 4.50. The predicted molar refractivity (Wildman–Crippen MR) is 83.8 cm³/mol. The van der Waals surface area contributed by atoms with Crippen LogP contribution in [0.5, 0.6) is 0 Å². The van der Waals surface area contributed by atoms with E-state index >= 15 is 0 Å². The Morgan fingerprint density at radius 1 is 1.22 bits per heavy atom. The number of aryl methyl sites for hydroxylation is 1. The fourth-order valence-electron chi connectivity index (χ4n) is 2.95. The highest BCUT2D eigenvalue weighted by atomic mass is 32.2. The molecule has 2 aliphatic rings. The van der Waals surface area contributed by atoms with E-state index in [0.717, 1.165) is 12.8 Å². The number of hydrogen-bond acceptors (Lipinski definition) is 3. The number of carbonyl (C=O) groups is 1. The molecule has 5 nitrogen and oxygen atoms in total. The van der Waals surface area contributed by atoms with E-state index in [4.69, 9.17) is 0 Å². The highest BCUT2D eigenvalue weighted by molar-refractivity contribution is 7.89. The average molecular weight is 340 g/mol. The Labute approximate surface area is 135 Å². The lowest BCUT2D eigenvalue weighted by atomic mass is 10.1. The highest BCUT2D eigenvalue weighted by Gasteiger charge is 2.34. The minimum absolute atomic E-state index is 0.0452. The summed E-state index contributed by atoms with van der Waals surface area (Å²) in [6.45, 7) is 2.34. The second kappa shape index (κ2) is 6.20. The predicted octanol–water partition coefficient (Wildman–Crippen LogP) is 1.81. The molecule has 126 valence electrons. The molecule has 0 radical (unpaired) electrons. The normalized spacial score (nSPS) is 20.4. The van der Waals surface area contributed by atoms with Crippen molar-refractivity contribution >= 4 is 15.9 Å². The van der Waals surface area contributed by atoms with Crippen molar-refractivity contribution < 1.29 is 17.6 Å². The second-order valence-electron chi connectivity index (χ2n) is 6.37. The number of nitrogens with one attached hydrogen (secondary N) is 1. The van der Waals surface area contributed by atoms with Gasteiger partial charge in [0.1, 0.15) is 5.82 Å². The fourth-order valence-corrected chi connectivity index (χ4v) is 4.62. The Bertz CT molecular complexity index is 708. The molecule has 1 saturated heterocycles. The van der Waals surface area contributed by atoms with Crippen LogP contribution in [0.1, 0.15) is 31.2 Å². The Morgan fingerprint density at radius 3 is 2.43 bits per heavy atom. The van der Waals surface area contributed by atoms with Gasteiger partial charge in [-0.15, -0.1) is 0 Å². The van der Waals surface area contributed by atoms with Crippen molar-refractivity contribution in [2.75, 3.05) is 13.1 Å². The molecule has 7 heteroatoms. The van der Waals surface area contributed by atoms with Crippen LogP contribution in [0.25, 0.3) is 0 Å². The van der Waals surface area contributed by atoms with Crippen molar-refractivity contribution in [2.45, 2.75) is 43.5 Å². The van der Waals surface area contributed by atoms with Crippen molar-refractivity contribution in [1.29, 1.82) is 0 Å². The number of carbonyl (C=O) groups excluding carboxylic acids is 1. The molecule has 0 bridgehead atoms. The maximum Gasteiger partial charge on any atom is 0.243 e. The molecule has 0 unspecified atom stereocenters. The largest absolute Gasteiger partial charge is 0.353 e. The van der Waals surface area contributed by atoms with Crippen molar-refractivity contribution in [1.82, 2.24) is 9.62 Å². The van der Waals surface area contributed by atoms with Gasteiger partial charge in [-0.2, -0.15) is 4.31 Å².